The van der Waals surface area contributed by atoms with Crippen molar-refractivity contribution in [1.82, 2.24) is 0 Å². The minimum atomic E-state index is -2.46. The number of benzene rings is 4. The highest BCUT2D eigenvalue weighted by Crippen LogP contribution is 2.70. The molecule has 0 aliphatic rings. The molecule has 158 valence electrons. The van der Waals surface area contributed by atoms with Gasteiger partial charge in [-0.05, 0) is 48.5 Å². The topological polar surface area (TPSA) is 18.5 Å². The molecule has 4 rings (SSSR count). The Morgan fingerprint density at radius 3 is 1.06 bits per heavy atom. The van der Waals surface area contributed by atoms with Gasteiger partial charge in [0.15, 0.2) is 7.26 Å². The van der Waals surface area contributed by atoms with Gasteiger partial charge in [-0.3, -0.25) is 0 Å². The number of rotatable bonds is 7. The molecule has 0 radical (unpaired) electrons. The van der Waals surface area contributed by atoms with E-state index in [2.05, 4.69) is 103 Å². The summed E-state index contributed by atoms with van der Waals surface area (Å²) in [6, 6.07) is 42.2. The number of halogens is 1. The second-order valence-corrected chi connectivity index (χ2v) is 10.5. The van der Waals surface area contributed by atoms with Crippen LogP contribution in [0.4, 0.5) is 0 Å². The van der Waals surface area contributed by atoms with E-state index in [1.807, 2.05) is 18.2 Å². The van der Waals surface area contributed by atoms with E-state index in [1.165, 1.54) is 15.9 Å². The van der Waals surface area contributed by atoms with Crippen molar-refractivity contribution in [1.29, 1.82) is 0 Å². The third-order valence-corrected chi connectivity index (χ3v) is 10.3. The van der Waals surface area contributed by atoms with E-state index in [-0.39, 0.29) is 17.0 Å². The summed E-state index contributed by atoms with van der Waals surface area (Å²) < 4.78 is 12.9. The minimum Gasteiger partial charge on any atom is -1.00 e. The Balaban J connectivity index is 0.00000272. The molecule has 0 saturated heterocycles. The lowest BCUT2D eigenvalue weighted by Crippen LogP contribution is -3.00. The normalized spacial score (nSPS) is 11.5. The highest BCUT2D eigenvalue weighted by Gasteiger charge is 2.66. The second kappa shape index (κ2) is 10.3. The molecule has 0 aliphatic carbocycles. The number of ether oxygens (including phenoxy) is 2. The summed E-state index contributed by atoms with van der Waals surface area (Å²) in [4.78, 5) is 0. The van der Waals surface area contributed by atoms with Crippen LogP contribution in [0.25, 0.3) is 0 Å². The standard InChI is InChI=1S/C27H26O2P.BrH/c1-28-27(29-2,23-15-7-3-8-16-23)30(24-17-9-4-10-18-24,25-19-11-5-12-20-25)26-21-13-6-14-22-26;/h3-22H,1-2H3;1H/q+1;/p-1. The Hall–Kier alpha value is -2.29. The highest BCUT2D eigenvalue weighted by atomic mass is 79.9. The van der Waals surface area contributed by atoms with Gasteiger partial charge in [0.05, 0.1) is 5.56 Å². The van der Waals surface area contributed by atoms with Crippen LogP contribution in [0.5, 0.6) is 0 Å². The summed E-state index contributed by atoms with van der Waals surface area (Å²) >= 11 is 0. The van der Waals surface area contributed by atoms with Gasteiger partial charge in [-0.25, -0.2) is 0 Å². The maximum absolute atomic E-state index is 6.43. The maximum atomic E-state index is 6.43. The van der Waals surface area contributed by atoms with Gasteiger partial charge in [-0.2, -0.15) is 0 Å². The van der Waals surface area contributed by atoms with Crippen molar-refractivity contribution in [2.75, 3.05) is 14.2 Å². The monoisotopic (exact) mass is 492 g/mol. The molecule has 4 aromatic rings. The molecule has 0 fully saturated rings. The Kier molecular flexibility index (Phi) is 7.80. The third-order valence-electron chi connectivity index (χ3n) is 5.56. The van der Waals surface area contributed by atoms with E-state index in [0.29, 0.717) is 0 Å². The molecule has 0 N–H and O–H groups in total. The number of methoxy groups -OCH3 is 2. The van der Waals surface area contributed by atoms with Gasteiger partial charge in [-0.1, -0.05) is 72.8 Å². The second-order valence-electron chi connectivity index (χ2n) is 7.03. The Bertz CT molecular complexity index is 957. The summed E-state index contributed by atoms with van der Waals surface area (Å²) in [6.07, 6.45) is 0. The van der Waals surface area contributed by atoms with Crippen LogP contribution in [0.15, 0.2) is 121 Å². The third kappa shape index (κ3) is 3.88. The number of hydrogen-bond acceptors (Lipinski definition) is 2. The van der Waals surface area contributed by atoms with Gasteiger partial charge in [-0.15, -0.1) is 0 Å². The SMILES string of the molecule is COC(OC)(c1ccccc1)[P+](c1ccccc1)(c1ccccc1)c1ccccc1.[Br-]. The van der Waals surface area contributed by atoms with Crippen molar-refractivity contribution in [3.05, 3.63) is 127 Å². The lowest BCUT2D eigenvalue weighted by Gasteiger charge is -2.42. The molecule has 0 spiro atoms. The molecule has 0 aliphatic heterocycles. The van der Waals surface area contributed by atoms with Gasteiger partial charge in [0, 0.05) is 14.2 Å². The van der Waals surface area contributed by atoms with E-state index >= 15 is 0 Å². The molecule has 31 heavy (non-hydrogen) atoms. The highest BCUT2D eigenvalue weighted by molar-refractivity contribution is 7.96. The van der Waals surface area contributed by atoms with E-state index in [9.17, 15) is 0 Å². The zero-order valence-electron chi connectivity index (χ0n) is 17.7. The van der Waals surface area contributed by atoms with Crippen LogP contribution in [-0.2, 0) is 15.0 Å². The average molecular weight is 493 g/mol. The van der Waals surface area contributed by atoms with Crippen LogP contribution in [0.2, 0.25) is 0 Å². The van der Waals surface area contributed by atoms with Crippen LogP contribution < -0.4 is 32.9 Å². The first kappa shape index (κ1) is 23.4. The predicted molar refractivity (Wildman–Crippen MR) is 127 cm³/mol. The molecule has 2 nitrogen and oxygen atoms in total. The first-order chi connectivity index (χ1) is 14.8. The predicted octanol–water partition coefficient (Wildman–Crippen LogP) is 2.09. The smallest absolute Gasteiger partial charge is 0.325 e. The van der Waals surface area contributed by atoms with Crippen LogP contribution in [0.3, 0.4) is 0 Å². The van der Waals surface area contributed by atoms with Gasteiger partial charge in [0.1, 0.15) is 15.9 Å². The lowest BCUT2D eigenvalue weighted by atomic mass is 10.2. The minimum absolute atomic E-state index is 0. The van der Waals surface area contributed by atoms with E-state index in [4.69, 9.17) is 9.47 Å². The summed E-state index contributed by atoms with van der Waals surface area (Å²) in [7, 11) is 1.04. The maximum Gasteiger partial charge on any atom is 0.325 e. The van der Waals surface area contributed by atoms with Gasteiger partial charge in [0.2, 0.25) is 0 Å². The molecule has 0 amide bonds. The molecule has 0 atom stereocenters. The quantitative estimate of drug-likeness (QED) is 0.290. The summed E-state index contributed by atoms with van der Waals surface area (Å²) in [5.41, 5.74) is 0.0121. The zero-order chi connectivity index (χ0) is 20.9. The van der Waals surface area contributed by atoms with Gasteiger partial charge in [0.25, 0.3) is 0 Å². The largest absolute Gasteiger partial charge is 1.00 e. The van der Waals surface area contributed by atoms with Crippen molar-refractivity contribution in [2.45, 2.75) is 5.53 Å². The van der Waals surface area contributed by atoms with Crippen molar-refractivity contribution in [3.63, 3.8) is 0 Å². The van der Waals surface area contributed by atoms with Crippen molar-refractivity contribution in [3.8, 4) is 0 Å². The molecular formula is C27H26BrO2P. The Labute approximate surface area is 196 Å². The number of hydrogen-bond donors (Lipinski definition) is 0. The van der Waals surface area contributed by atoms with Gasteiger partial charge < -0.3 is 26.5 Å². The molecule has 4 aromatic carbocycles. The van der Waals surface area contributed by atoms with Crippen LogP contribution in [0.1, 0.15) is 5.56 Å². The summed E-state index contributed by atoms with van der Waals surface area (Å²) in [6.45, 7) is 0. The summed E-state index contributed by atoms with van der Waals surface area (Å²) in [5, 5.41) is 3.61. The Morgan fingerprint density at radius 1 is 0.484 bits per heavy atom. The molecule has 0 aromatic heterocycles. The molecule has 4 heteroatoms. The van der Waals surface area contributed by atoms with Crippen LogP contribution in [-0.4, -0.2) is 14.2 Å². The zero-order valence-corrected chi connectivity index (χ0v) is 20.2. The van der Waals surface area contributed by atoms with E-state index < -0.39 is 12.8 Å². The first-order valence-electron chi connectivity index (χ1n) is 10.0. The fourth-order valence-electron chi connectivity index (χ4n) is 4.35. The molecular weight excluding hydrogens is 467 g/mol. The van der Waals surface area contributed by atoms with Crippen molar-refractivity contribution in [2.24, 2.45) is 0 Å². The molecule has 0 saturated carbocycles. The van der Waals surface area contributed by atoms with Crippen molar-refractivity contribution >= 4 is 23.2 Å². The lowest BCUT2D eigenvalue weighted by molar-refractivity contribution is -0.146. The average Bonchev–Trinajstić information content (AvgIpc) is 2.85. The van der Waals surface area contributed by atoms with E-state index in [0.717, 1.165) is 5.56 Å². The fourth-order valence-corrected chi connectivity index (χ4v) is 9.20. The van der Waals surface area contributed by atoms with Crippen molar-refractivity contribution < 1.29 is 26.5 Å². The molecule has 0 bridgehead atoms. The van der Waals surface area contributed by atoms with Crippen LogP contribution in [0, 0.1) is 0 Å². The van der Waals surface area contributed by atoms with E-state index in [1.54, 1.807) is 14.2 Å². The van der Waals surface area contributed by atoms with Gasteiger partial charge >= 0.3 is 5.53 Å². The summed E-state index contributed by atoms with van der Waals surface area (Å²) in [5.74, 6) is 0. The first-order valence-corrected chi connectivity index (χ1v) is 11.8. The Morgan fingerprint density at radius 2 is 0.774 bits per heavy atom. The molecule has 0 heterocycles. The van der Waals surface area contributed by atoms with Crippen LogP contribution >= 0.6 is 7.26 Å². The molecule has 0 unspecified atom stereocenters. The fraction of sp³-hybridized carbons (Fsp3) is 0.111.